The first-order valence-electron chi connectivity index (χ1n) is 9.76. The van der Waals surface area contributed by atoms with Crippen LogP contribution in [0, 0.1) is 10.1 Å². The maximum atomic E-state index is 12.9. The molecule has 0 saturated carbocycles. The van der Waals surface area contributed by atoms with Crippen molar-refractivity contribution >= 4 is 40.9 Å². The van der Waals surface area contributed by atoms with Crippen molar-refractivity contribution in [2.75, 3.05) is 12.8 Å². The summed E-state index contributed by atoms with van der Waals surface area (Å²) in [5.41, 5.74) is 3.38. The van der Waals surface area contributed by atoms with Crippen molar-refractivity contribution in [3.63, 3.8) is 0 Å². The number of nitro benzene ring substituents is 1. The molecule has 0 radical (unpaired) electrons. The predicted octanol–water partition coefficient (Wildman–Crippen LogP) is 4.04. The number of hydroxylamine groups is 1. The lowest BCUT2D eigenvalue weighted by Gasteiger charge is -2.10. The van der Waals surface area contributed by atoms with Gasteiger partial charge in [0, 0.05) is 35.6 Å². The molecule has 0 bridgehead atoms. The van der Waals surface area contributed by atoms with Gasteiger partial charge in [-0.3, -0.25) is 24.9 Å². The maximum Gasteiger partial charge on any atom is 0.269 e. The number of unbranched alkanes of at least 4 members (excludes halogenated alkanes) is 2. The van der Waals surface area contributed by atoms with E-state index < -0.39 is 10.8 Å². The largest absolute Gasteiger partial charge is 0.352 e. The molecular weight excluding hydrogens is 418 g/mol. The van der Waals surface area contributed by atoms with Crippen LogP contribution >= 0.6 is 11.8 Å². The summed E-state index contributed by atoms with van der Waals surface area (Å²) in [5.74, 6) is -0.712. The third-order valence-corrected chi connectivity index (χ3v) is 5.30. The lowest BCUT2D eigenvalue weighted by Crippen LogP contribution is -2.25. The van der Waals surface area contributed by atoms with Crippen LogP contribution < -0.4 is 10.8 Å². The highest BCUT2D eigenvalue weighted by Gasteiger charge is 2.14. The number of nitro groups is 1. The molecule has 0 heterocycles. The molecule has 8 nitrogen and oxygen atoms in total. The molecule has 0 aliphatic heterocycles. The van der Waals surface area contributed by atoms with Crippen molar-refractivity contribution in [1.82, 2.24) is 10.8 Å². The van der Waals surface area contributed by atoms with Crippen molar-refractivity contribution in [1.29, 1.82) is 0 Å². The summed E-state index contributed by atoms with van der Waals surface area (Å²) >= 11 is 1.62. The zero-order valence-corrected chi connectivity index (χ0v) is 18.0. The zero-order valence-electron chi connectivity index (χ0n) is 17.2. The van der Waals surface area contributed by atoms with E-state index in [0.717, 1.165) is 16.9 Å². The topological polar surface area (TPSA) is 122 Å². The molecular formula is C22H25N3O5S. The van der Waals surface area contributed by atoms with Crippen LogP contribution in [0.3, 0.4) is 0 Å². The van der Waals surface area contributed by atoms with E-state index in [4.69, 9.17) is 5.21 Å². The Morgan fingerprint density at radius 3 is 2.32 bits per heavy atom. The Hall–Kier alpha value is -3.17. The maximum absolute atomic E-state index is 12.9. The minimum Gasteiger partial charge on any atom is -0.352 e. The van der Waals surface area contributed by atoms with Crippen LogP contribution in [0.25, 0.3) is 11.6 Å². The molecule has 0 saturated heterocycles. The molecule has 3 N–H and O–H groups in total. The quantitative estimate of drug-likeness (QED) is 0.0916. The van der Waals surface area contributed by atoms with Gasteiger partial charge >= 0.3 is 0 Å². The number of hydrogen-bond donors (Lipinski definition) is 3. The Kier molecular flexibility index (Phi) is 9.73. The highest BCUT2D eigenvalue weighted by Crippen LogP contribution is 2.23. The molecule has 164 valence electrons. The van der Waals surface area contributed by atoms with Crippen LogP contribution in [0.2, 0.25) is 0 Å². The molecule has 0 aliphatic carbocycles. The summed E-state index contributed by atoms with van der Waals surface area (Å²) in [6, 6.07) is 13.6. The first kappa shape index (κ1) is 24.1. The molecule has 0 spiro atoms. The van der Waals surface area contributed by atoms with Crippen molar-refractivity contribution in [2.45, 2.75) is 30.6 Å². The van der Waals surface area contributed by atoms with E-state index in [1.807, 2.05) is 30.5 Å². The van der Waals surface area contributed by atoms with Crippen molar-refractivity contribution in [3.8, 4) is 0 Å². The van der Waals surface area contributed by atoms with Gasteiger partial charge in [0.2, 0.25) is 5.91 Å². The number of thioether (sulfide) groups is 1. The van der Waals surface area contributed by atoms with Crippen molar-refractivity contribution < 1.29 is 19.7 Å². The second-order valence-corrected chi connectivity index (χ2v) is 7.62. The Labute approximate surface area is 184 Å². The van der Waals surface area contributed by atoms with Gasteiger partial charge < -0.3 is 5.32 Å². The molecule has 2 aromatic rings. The highest BCUT2D eigenvalue weighted by atomic mass is 32.2. The number of amides is 2. The average Bonchev–Trinajstić information content (AvgIpc) is 2.79. The van der Waals surface area contributed by atoms with E-state index >= 15 is 0 Å². The number of benzene rings is 2. The average molecular weight is 444 g/mol. The van der Waals surface area contributed by atoms with Gasteiger partial charge in [-0.1, -0.05) is 18.6 Å². The van der Waals surface area contributed by atoms with Crippen molar-refractivity contribution in [2.24, 2.45) is 0 Å². The fourth-order valence-corrected chi connectivity index (χ4v) is 3.26. The van der Waals surface area contributed by atoms with E-state index in [1.165, 1.54) is 12.1 Å². The minimum absolute atomic E-state index is 0.0419. The first-order valence-corrected chi connectivity index (χ1v) is 11.0. The molecule has 0 fully saturated rings. The highest BCUT2D eigenvalue weighted by molar-refractivity contribution is 7.98. The summed E-state index contributed by atoms with van der Waals surface area (Å²) in [4.78, 5) is 35.4. The number of nitrogens with one attached hydrogen (secondary N) is 2. The third-order valence-electron chi connectivity index (χ3n) is 4.55. The van der Waals surface area contributed by atoms with E-state index in [1.54, 1.807) is 35.5 Å². The van der Waals surface area contributed by atoms with Crippen LogP contribution in [0.4, 0.5) is 5.69 Å². The second-order valence-electron chi connectivity index (χ2n) is 6.74. The number of hydrogen-bond acceptors (Lipinski definition) is 6. The summed E-state index contributed by atoms with van der Waals surface area (Å²) < 4.78 is 0. The minimum atomic E-state index is -0.481. The molecule has 2 aromatic carbocycles. The lowest BCUT2D eigenvalue weighted by molar-refractivity contribution is -0.384. The molecule has 2 rings (SSSR count). The van der Waals surface area contributed by atoms with Gasteiger partial charge in [0.15, 0.2) is 0 Å². The Bertz CT molecular complexity index is 927. The SMILES string of the molecule is CSc1ccc(C=C(C(=O)NCCCCCC(=O)NO)c2ccc([N+](=O)[O-])cc2)cc1. The van der Waals surface area contributed by atoms with Crippen LogP contribution in [0.15, 0.2) is 53.4 Å². The van der Waals surface area contributed by atoms with Gasteiger partial charge in [0.1, 0.15) is 0 Å². The molecule has 0 aromatic heterocycles. The normalized spacial score (nSPS) is 11.1. The van der Waals surface area contributed by atoms with E-state index in [2.05, 4.69) is 5.32 Å². The van der Waals surface area contributed by atoms with Crippen LogP contribution in [0.1, 0.15) is 36.8 Å². The Morgan fingerprint density at radius 1 is 1.06 bits per heavy atom. The van der Waals surface area contributed by atoms with Crippen LogP contribution in [-0.2, 0) is 9.59 Å². The van der Waals surface area contributed by atoms with E-state index in [-0.39, 0.29) is 18.0 Å². The van der Waals surface area contributed by atoms with Gasteiger partial charge in [-0.2, -0.15) is 0 Å². The summed E-state index contributed by atoms with van der Waals surface area (Å²) in [6.45, 7) is 0.426. The standard InChI is InChI=1S/C22H25N3O5S/c1-31-19-12-6-16(7-13-19)15-20(17-8-10-18(11-9-17)25(29)30)22(27)23-14-4-2-3-5-21(26)24-28/h6-13,15,28H,2-5,14H2,1H3,(H,23,27)(H,24,26). The van der Waals surface area contributed by atoms with E-state index in [0.29, 0.717) is 30.5 Å². The zero-order chi connectivity index (χ0) is 22.6. The molecule has 2 amide bonds. The Morgan fingerprint density at radius 2 is 1.74 bits per heavy atom. The molecule has 0 aliphatic rings. The van der Waals surface area contributed by atoms with Crippen LogP contribution in [0.5, 0.6) is 0 Å². The van der Waals surface area contributed by atoms with Gasteiger partial charge in [0.25, 0.3) is 11.6 Å². The van der Waals surface area contributed by atoms with Crippen LogP contribution in [-0.4, -0.2) is 34.7 Å². The molecule has 31 heavy (non-hydrogen) atoms. The van der Waals surface area contributed by atoms with Gasteiger partial charge in [-0.05, 0) is 60.6 Å². The summed E-state index contributed by atoms with van der Waals surface area (Å²) in [6.07, 6.45) is 5.98. The number of non-ortho nitro benzene ring substituents is 1. The van der Waals surface area contributed by atoms with Gasteiger partial charge in [0.05, 0.1) is 4.92 Å². The van der Waals surface area contributed by atoms with Gasteiger partial charge in [-0.25, -0.2) is 5.48 Å². The third kappa shape index (κ3) is 7.88. The second kappa shape index (κ2) is 12.5. The summed E-state index contributed by atoms with van der Waals surface area (Å²) in [5, 5.41) is 22.3. The molecule has 9 heteroatoms. The summed E-state index contributed by atoms with van der Waals surface area (Å²) in [7, 11) is 0. The van der Waals surface area contributed by atoms with E-state index in [9.17, 15) is 19.7 Å². The predicted molar refractivity (Wildman–Crippen MR) is 121 cm³/mol. The number of carbonyl (C=O) groups is 2. The Balaban J connectivity index is 2.11. The number of carbonyl (C=O) groups excluding carboxylic acids is 2. The molecule has 0 atom stereocenters. The number of rotatable bonds is 11. The number of nitrogens with zero attached hydrogens (tertiary/aromatic N) is 1. The monoisotopic (exact) mass is 443 g/mol. The lowest BCUT2D eigenvalue weighted by atomic mass is 10.0. The smallest absolute Gasteiger partial charge is 0.269 e. The van der Waals surface area contributed by atoms with Crippen molar-refractivity contribution in [3.05, 3.63) is 69.8 Å². The fraction of sp³-hybridized carbons (Fsp3) is 0.273. The van der Waals surface area contributed by atoms with Gasteiger partial charge in [-0.15, -0.1) is 11.8 Å². The first-order chi connectivity index (χ1) is 14.9. The fourth-order valence-electron chi connectivity index (χ4n) is 2.85. The molecule has 0 unspecified atom stereocenters.